The summed E-state index contributed by atoms with van der Waals surface area (Å²) in [4.78, 5) is 9.88. The monoisotopic (exact) mass is 537 g/mol. The smallest absolute Gasteiger partial charge is 0.316 e. The van der Waals surface area contributed by atoms with Crippen LogP contribution in [0, 0.1) is 0 Å². The number of ether oxygens (including phenoxy) is 2. The van der Waals surface area contributed by atoms with Gasteiger partial charge in [-0.3, -0.25) is 4.57 Å². The Morgan fingerprint density at radius 3 is 2.57 bits per heavy atom. The van der Waals surface area contributed by atoms with Gasteiger partial charge in [0.05, 0.1) is 25.3 Å². The van der Waals surface area contributed by atoms with Gasteiger partial charge in [0, 0.05) is 17.0 Å². The van der Waals surface area contributed by atoms with Crippen LogP contribution in [0.2, 0.25) is 5.02 Å². The summed E-state index contributed by atoms with van der Waals surface area (Å²) in [5, 5.41) is 6.08. The van der Waals surface area contributed by atoms with Crippen molar-refractivity contribution < 1.29 is 23.5 Å². The Hall–Kier alpha value is -1.86. The van der Waals surface area contributed by atoms with Crippen LogP contribution in [0.1, 0.15) is 36.8 Å². The van der Waals surface area contributed by atoms with Crippen molar-refractivity contribution >= 4 is 31.2 Å². The van der Waals surface area contributed by atoms with E-state index in [1.807, 2.05) is 24.3 Å². The van der Waals surface area contributed by atoms with Crippen LogP contribution in [0.15, 0.2) is 53.9 Å². The van der Waals surface area contributed by atoms with E-state index in [0.717, 1.165) is 42.6 Å². The van der Waals surface area contributed by atoms with E-state index in [2.05, 4.69) is 35.0 Å². The third-order valence-electron chi connectivity index (χ3n) is 5.47. The van der Waals surface area contributed by atoms with Gasteiger partial charge in [0.25, 0.3) is 0 Å². The van der Waals surface area contributed by atoms with Gasteiger partial charge >= 0.3 is 8.25 Å². The van der Waals surface area contributed by atoms with E-state index < -0.39 is 8.25 Å². The quantitative estimate of drug-likeness (QED) is 0.155. The molecule has 2 N–H and O–H groups in total. The lowest BCUT2D eigenvalue weighted by atomic mass is 10.1. The predicted molar refractivity (Wildman–Crippen MR) is 144 cm³/mol. The molecular weight excluding hydrogens is 505 g/mol. The fourth-order valence-electron chi connectivity index (χ4n) is 3.68. The number of benzene rings is 2. The number of hydrogen-bond donors (Lipinski definition) is 2. The van der Waals surface area contributed by atoms with Gasteiger partial charge < -0.3 is 24.2 Å². The summed E-state index contributed by atoms with van der Waals surface area (Å²) in [6, 6.07) is 16.4. The van der Waals surface area contributed by atoms with Gasteiger partial charge in [0.15, 0.2) is 0 Å². The number of aryl methyl sites for hydroxylation is 1. The zero-order chi connectivity index (χ0) is 24.9. The molecule has 1 aromatic heterocycles. The van der Waals surface area contributed by atoms with Crippen molar-refractivity contribution in [3.63, 3.8) is 0 Å². The largest absolute Gasteiger partial charge is 0.495 e. The maximum absolute atomic E-state index is 10.6. The lowest BCUT2D eigenvalue weighted by molar-refractivity contribution is 0.276. The van der Waals surface area contributed by atoms with Crippen molar-refractivity contribution in [1.82, 2.24) is 5.32 Å². The molecule has 0 aliphatic carbocycles. The maximum atomic E-state index is 10.6. The fraction of sp³-hybridized carbons (Fsp3) is 0.385. The number of thiophene rings is 1. The van der Waals surface area contributed by atoms with Gasteiger partial charge in [-0.2, -0.15) is 0 Å². The topological polar surface area (TPSA) is 77.0 Å². The minimum atomic E-state index is -2.84. The standard InChI is InChI=1S/C26H33ClNO5PS/c1-31-25-12-9-20(18-23(25)27)7-3-2-4-14-32-24-11-10-21(17-22(24)26-8-5-16-35-26)19-28-13-6-15-33-34(29)30/h5,8-12,16-18,28,34H,2-4,6-7,13-15,19H2,1H3,(H,29,30). The SMILES string of the molecule is COc1ccc(CCCCCOc2ccc(CNCCCO[PH](=O)O)cc2-c2cccs2)cc1Cl. The number of hydrogen-bond acceptors (Lipinski definition) is 6. The lowest BCUT2D eigenvalue weighted by Crippen LogP contribution is -2.16. The van der Waals surface area contributed by atoms with E-state index in [4.69, 9.17) is 30.5 Å². The molecule has 0 spiro atoms. The van der Waals surface area contributed by atoms with Crippen LogP contribution in [-0.2, 0) is 22.1 Å². The second-order valence-electron chi connectivity index (χ2n) is 8.08. The Labute approximate surface area is 217 Å². The zero-order valence-corrected chi connectivity index (χ0v) is 22.5. The summed E-state index contributed by atoms with van der Waals surface area (Å²) in [7, 11) is -1.21. The summed E-state index contributed by atoms with van der Waals surface area (Å²) in [5.74, 6) is 1.61. The summed E-state index contributed by atoms with van der Waals surface area (Å²) in [6.07, 6.45) is 4.81. The van der Waals surface area contributed by atoms with Crippen molar-refractivity contribution in [2.24, 2.45) is 0 Å². The number of nitrogens with one attached hydrogen (secondary N) is 1. The number of rotatable bonds is 16. The molecular formula is C26H33ClNO5PS. The van der Waals surface area contributed by atoms with Crippen molar-refractivity contribution in [3.8, 4) is 21.9 Å². The van der Waals surface area contributed by atoms with Crippen LogP contribution in [0.4, 0.5) is 0 Å². The Balaban J connectivity index is 1.45. The second-order valence-corrected chi connectivity index (χ2v) is 10.3. The summed E-state index contributed by atoms with van der Waals surface area (Å²) in [5.41, 5.74) is 3.49. The molecule has 0 fully saturated rings. The normalized spacial score (nSPS) is 12.0. The predicted octanol–water partition coefficient (Wildman–Crippen LogP) is 6.75. The first-order valence-corrected chi connectivity index (χ1v) is 14.3. The van der Waals surface area contributed by atoms with Gasteiger partial charge in [0.2, 0.25) is 0 Å². The molecule has 35 heavy (non-hydrogen) atoms. The van der Waals surface area contributed by atoms with Crippen LogP contribution >= 0.6 is 31.2 Å². The maximum Gasteiger partial charge on any atom is 0.316 e. The second kappa shape index (κ2) is 15.3. The van der Waals surface area contributed by atoms with Crippen LogP contribution in [0.25, 0.3) is 10.4 Å². The van der Waals surface area contributed by atoms with E-state index in [-0.39, 0.29) is 6.61 Å². The summed E-state index contributed by atoms with van der Waals surface area (Å²) >= 11 is 7.91. The molecule has 0 radical (unpaired) electrons. The van der Waals surface area contributed by atoms with Crippen LogP contribution in [-0.4, -0.2) is 31.8 Å². The Morgan fingerprint density at radius 2 is 1.83 bits per heavy atom. The van der Waals surface area contributed by atoms with Crippen LogP contribution in [0.5, 0.6) is 11.5 Å². The summed E-state index contributed by atoms with van der Waals surface area (Å²) < 4.78 is 26.7. The molecule has 0 amide bonds. The Morgan fingerprint density at radius 1 is 1.00 bits per heavy atom. The molecule has 0 bridgehead atoms. The minimum Gasteiger partial charge on any atom is -0.495 e. The molecule has 1 atom stereocenters. The van der Waals surface area contributed by atoms with E-state index in [1.165, 1.54) is 10.4 Å². The first kappa shape index (κ1) is 27.7. The zero-order valence-electron chi connectivity index (χ0n) is 19.9. The van der Waals surface area contributed by atoms with Crippen molar-refractivity contribution in [1.29, 1.82) is 0 Å². The Kier molecular flexibility index (Phi) is 12.1. The van der Waals surface area contributed by atoms with Gasteiger partial charge in [-0.15, -0.1) is 11.3 Å². The molecule has 9 heteroatoms. The third-order valence-corrected chi connectivity index (χ3v) is 7.12. The average molecular weight is 538 g/mol. The highest BCUT2D eigenvalue weighted by molar-refractivity contribution is 7.32. The average Bonchev–Trinajstić information content (AvgIpc) is 3.39. The van der Waals surface area contributed by atoms with Crippen LogP contribution < -0.4 is 14.8 Å². The molecule has 1 heterocycles. The first-order chi connectivity index (χ1) is 17.1. The molecule has 0 aliphatic rings. The molecule has 0 saturated heterocycles. The molecule has 2 aromatic carbocycles. The molecule has 3 aromatic rings. The molecule has 0 saturated carbocycles. The number of unbranched alkanes of at least 4 members (excludes halogenated alkanes) is 2. The Bertz CT molecular complexity index is 1060. The van der Waals surface area contributed by atoms with E-state index >= 15 is 0 Å². The molecule has 0 aliphatic heterocycles. The van der Waals surface area contributed by atoms with Gasteiger partial charge in [-0.1, -0.05) is 29.8 Å². The van der Waals surface area contributed by atoms with E-state index in [9.17, 15) is 4.57 Å². The van der Waals surface area contributed by atoms with Crippen molar-refractivity contribution in [2.45, 2.75) is 38.6 Å². The van der Waals surface area contributed by atoms with Gasteiger partial charge in [0.1, 0.15) is 11.5 Å². The first-order valence-electron chi connectivity index (χ1n) is 11.8. The fourth-order valence-corrected chi connectivity index (χ4v) is 5.03. The summed E-state index contributed by atoms with van der Waals surface area (Å²) in [6.45, 7) is 2.38. The number of methoxy groups -OCH3 is 1. The van der Waals surface area contributed by atoms with Crippen LogP contribution in [0.3, 0.4) is 0 Å². The third kappa shape index (κ3) is 9.60. The highest BCUT2D eigenvalue weighted by Gasteiger charge is 2.09. The molecule has 6 nitrogen and oxygen atoms in total. The lowest BCUT2D eigenvalue weighted by Gasteiger charge is -2.13. The van der Waals surface area contributed by atoms with Crippen molar-refractivity contribution in [2.75, 3.05) is 26.9 Å². The highest BCUT2D eigenvalue weighted by atomic mass is 35.5. The molecule has 3 rings (SSSR count). The molecule has 1 unspecified atom stereocenters. The highest BCUT2D eigenvalue weighted by Crippen LogP contribution is 2.34. The minimum absolute atomic E-state index is 0.280. The number of halogens is 1. The van der Waals surface area contributed by atoms with Crippen molar-refractivity contribution in [3.05, 3.63) is 70.1 Å². The van der Waals surface area contributed by atoms with E-state index in [1.54, 1.807) is 18.4 Å². The van der Waals surface area contributed by atoms with E-state index in [0.29, 0.717) is 36.9 Å². The van der Waals surface area contributed by atoms with Gasteiger partial charge in [-0.05, 0) is 85.5 Å². The molecule has 190 valence electrons. The van der Waals surface area contributed by atoms with Gasteiger partial charge in [-0.25, -0.2) is 0 Å².